The lowest BCUT2D eigenvalue weighted by molar-refractivity contribution is -0.141. The minimum absolute atomic E-state index is 0.183. The highest BCUT2D eigenvalue weighted by Crippen LogP contribution is 2.35. The highest BCUT2D eigenvalue weighted by molar-refractivity contribution is 5.93. The first-order valence-corrected chi connectivity index (χ1v) is 7.64. The largest absolute Gasteiger partial charge is 0.433 e. The molecule has 0 saturated carbocycles. The van der Waals surface area contributed by atoms with E-state index in [2.05, 4.69) is 20.3 Å². The molecule has 0 aromatic carbocycles. The normalized spacial score (nSPS) is 11.7. The third-order valence-electron chi connectivity index (χ3n) is 3.21. The summed E-state index contributed by atoms with van der Waals surface area (Å²) in [5.74, 6) is -0.589. The molecule has 0 saturated heterocycles. The van der Waals surface area contributed by atoms with E-state index in [1.165, 1.54) is 19.3 Å². The van der Waals surface area contributed by atoms with Crippen LogP contribution in [0.25, 0.3) is 0 Å². The topological polar surface area (TPSA) is 67.2 Å². The van der Waals surface area contributed by atoms with Crippen LogP contribution in [-0.4, -0.2) is 22.1 Å². The molecule has 1 amide bonds. The van der Waals surface area contributed by atoms with Gasteiger partial charge in [-0.1, -0.05) is 19.4 Å². The number of nitrogens with zero attached hydrogens (tertiary/aromatic N) is 3. The maximum atomic E-state index is 13.1. The molecular weight excluding hydrogens is 333 g/mol. The molecule has 1 N–H and O–H groups in total. The van der Waals surface area contributed by atoms with Gasteiger partial charge in [-0.05, 0) is 24.1 Å². The number of hydrogen-bond acceptors (Lipinski definition) is 4. The van der Waals surface area contributed by atoms with E-state index in [0.717, 1.165) is 6.07 Å². The third-order valence-corrected chi connectivity index (χ3v) is 3.21. The molecule has 0 aliphatic heterocycles. The molecule has 0 fully saturated rings. The number of carbonyl (C=O) groups excluding carboxylic acids is 1. The van der Waals surface area contributed by atoms with Gasteiger partial charge in [-0.2, -0.15) is 13.2 Å². The average Bonchev–Trinajstić information content (AvgIpc) is 2.54. The quantitative estimate of drug-likeness (QED) is 0.824. The first kappa shape index (κ1) is 18.6. The van der Waals surface area contributed by atoms with Crippen LogP contribution in [0.15, 0.2) is 35.6 Å². The van der Waals surface area contributed by atoms with Crippen molar-refractivity contribution in [3.63, 3.8) is 0 Å². The van der Waals surface area contributed by atoms with Gasteiger partial charge < -0.3 is 5.32 Å². The van der Waals surface area contributed by atoms with Crippen molar-refractivity contribution in [3.8, 4) is 0 Å². The predicted molar refractivity (Wildman–Crippen MR) is 89.0 cm³/mol. The number of rotatable bonds is 5. The second-order valence-electron chi connectivity index (χ2n) is 5.34. The molecular formula is C17H17F3N4O. The summed E-state index contributed by atoms with van der Waals surface area (Å²) in [5.41, 5.74) is 0.108. The average molecular weight is 350 g/mol. The van der Waals surface area contributed by atoms with Crippen molar-refractivity contribution in [2.45, 2.75) is 32.9 Å². The van der Waals surface area contributed by atoms with Crippen LogP contribution >= 0.6 is 0 Å². The van der Waals surface area contributed by atoms with Crippen molar-refractivity contribution < 1.29 is 18.0 Å². The van der Waals surface area contributed by atoms with E-state index < -0.39 is 17.8 Å². The van der Waals surface area contributed by atoms with Gasteiger partial charge >= 0.3 is 6.18 Å². The van der Waals surface area contributed by atoms with Crippen molar-refractivity contribution in [3.05, 3.63) is 47.4 Å². The summed E-state index contributed by atoms with van der Waals surface area (Å²) in [4.78, 5) is 23.0. The number of aryl methyl sites for hydroxylation is 1. The zero-order valence-electron chi connectivity index (χ0n) is 13.8. The Morgan fingerprint density at radius 3 is 2.72 bits per heavy atom. The summed E-state index contributed by atoms with van der Waals surface area (Å²) in [6.45, 7) is 3.12. The molecule has 0 radical (unpaired) electrons. The van der Waals surface area contributed by atoms with Gasteiger partial charge in [-0.15, -0.1) is 0 Å². The van der Waals surface area contributed by atoms with E-state index in [0.29, 0.717) is 24.0 Å². The molecule has 2 rings (SSSR count). The molecule has 2 aromatic heterocycles. The molecule has 132 valence electrons. The van der Waals surface area contributed by atoms with Gasteiger partial charge in [0, 0.05) is 31.1 Å². The Labute approximate surface area is 143 Å². The van der Waals surface area contributed by atoms with E-state index in [9.17, 15) is 18.0 Å². The lowest BCUT2D eigenvalue weighted by Gasteiger charge is -2.15. The van der Waals surface area contributed by atoms with Crippen molar-refractivity contribution in [2.75, 3.05) is 5.32 Å². The fourth-order valence-electron chi connectivity index (χ4n) is 2.19. The van der Waals surface area contributed by atoms with Crippen molar-refractivity contribution in [2.24, 2.45) is 4.99 Å². The third kappa shape index (κ3) is 5.10. The second kappa shape index (κ2) is 7.87. The summed E-state index contributed by atoms with van der Waals surface area (Å²) < 4.78 is 39.4. The number of nitrogens with one attached hydrogen (secondary N) is 1. The standard InChI is InChI=1S/C17H17F3N4O/c1-3-5-13-8-14(17(18,19)20)24-16(15(13)23-11(2)25)22-10-12-6-4-7-21-9-12/h4,6-10H,3,5H2,1-2H3,(H,23,25)/b22-10+. The Morgan fingerprint density at radius 2 is 2.16 bits per heavy atom. The number of aliphatic imine (C=N–C) groups is 1. The molecule has 5 nitrogen and oxygen atoms in total. The molecule has 0 bridgehead atoms. The second-order valence-corrected chi connectivity index (χ2v) is 5.34. The summed E-state index contributed by atoms with van der Waals surface area (Å²) in [6, 6.07) is 4.34. The Morgan fingerprint density at radius 1 is 1.40 bits per heavy atom. The molecule has 0 aliphatic carbocycles. The maximum Gasteiger partial charge on any atom is 0.433 e. The molecule has 8 heteroatoms. The van der Waals surface area contributed by atoms with E-state index in [-0.39, 0.29) is 11.5 Å². The van der Waals surface area contributed by atoms with Gasteiger partial charge in [0.05, 0.1) is 5.69 Å². The van der Waals surface area contributed by atoms with Crippen LogP contribution in [0.2, 0.25) is 0 Å². The smallest absolute Gasteiger partial charge is 0.323 e. The molecule has 25 heavy (non-hydrogen) atoms. The molecule has 0 spiro atoms. The van der Waals surface area contributed by atoms with Gasteiger partial charge in [0.15, 0.2) is 5.82 Å². The zero-order valence-corrected chi connectivity index (χ0v) is 13.8. The lowest BCUT2D eigenvalue weighted by atomic mass is 10.1. The van der Waals surface area contributed by atoms with Crippen LogP contribution < -0.4 is 5.32 Å². The molecule has 0 aliphatic rings. The maximum absolute atomic E-state index is 13.1. The van der Waals surface area contributed by atoms with Gasteiger partial charge in [-0.25, -0.2) is 9.98 Å². The summed E-state index contributed by atoms with van der Waals surface area (Å²) in [6.07, 6.45) is 0.812. The number of anilines is 1. The van der Waals surface area contributed by atoms with Crippen LogP contribution in [0.4, 0.5) is 24.7 Å². The van der Waals surface area contributed by atoms with E-state index in [1.54, 1.807) is 18.3 Å². The minimum Gasteiger partial charge on any atom is -0.323 e. The Balaban J connectivity index is 2.57. The summed E-state index contributed by atoms with van der Waals surface area (Å²) in [7, 11) is 0. The number of alkyl halides is 3. The highest BCUT2D eigenvalue weighted by Gasteiger charge is 2.34. The van der Waals surface area contributed by atoms with Gasteiger partial charge in [0.25, 0.3) is 0 Å². The van der Waals surface area contributed by atoms with E-state index in [1.807, 2.05) is 6.92 Å². The van der Waals surface area contributed by atoms with Gasteiger partial charge in [-0.3, -0.25) is 9.78 Å². The fourth-order valence-corrected chi connectivity index (χ4v) is 2.19. The number of aromatic nitrogens is 2. The van der Waals surface area contributed by atoms with E-state index in [4.69, 9.17) is 0 Å². The van der Waals surface area contributed by atoms with Gasteiger partial charge in [0.1, 0.15) is 5.69 Å². The van der Waals surface area contributed by atoms with Crippen LogP contribution in [0.5, 0.6) is 0 Å². The number of pyridine rings is 2. The van der Waals surface area contributed by atoms with Gasteiger partial charge in [0.2, 0.25) is 5.91 Å². The predicted octanol–water partition coefficient (Wildman–Crippen LogP) is 4.16. The first-order chi connectivity index (χ1) is 11.8. The van der Waals surface area contributed by atoms with Crippen LogP contribution in [0.3, 0.4) is 0 Å². The number of halogens is 3. The minimum atomic E-state index is -4.60. The zero-order chi connectivity index (χ0) is 18.4. The van der Waals surface area contributed by atoms with E-state index >= 15 is 0 Å². The lowest BCUT2D eigenvalue weighted by Crippen LogP contribution is -2.14. The summed E-state index contributed by atoms with van der Waals surface area (Å²) in [5, 5.41) is 2.54. The van der Waals surface area contributed by atoms with Crippen molar-refractivity contribution in [1.29, 1.82) is 0 Å². The Hall–Kier alpha value is -2.77. The number of hydrogen-bond donors (Lipinski definition) is 1. The molecule has 0 atom stereocenters. The number of carbonyl (C=O) groups is 1. The first-order valence-electron chi connectivity index (χ1n) is 7.64. The fraction of sp³-hybridized carbons (Fsp3) is 0.294. The SMILES string of the molecule is CCCc1cc(C(F)(F)F)nc(/N=C/c2cccnc2)c1NC(C)=O. The van der Waals surface area contributed by atoms with Crippen LogP contribution in [0.1, 0.15) is 37.1 Å². The van der Waals surface area contributed by atoms with Crippen LogP contribution in [-0.2, 0) is 17.4 Å². The van der Waals surface area contributed by atoms with Crippen LogP contribution in [0, 0.1) is 0 Å². The van der Waals surface area contributed by atoms with Crippen molar-refractivity contribution in [1.82, 2.24) is 9.97 Å². The Kier molecular flexibility index (Phi) is 5.84. The molecule has 2 aromatic rings. The van der Waals surface area contributed by atoms with Crippen molar-refractivity contribution >= 4 is 23.6 Å². The number of amides is 1. The molecule has 2 heterocycles. The monoisotopic (exact) mass is 350 g/mol. The Bertz CT molecular complexity index is 773. The summed E-state index contributed by atoms with van der Waals surface area (Å²) >= 11 is 0. The highest BCUT2D eigenvalue weighted by atomic mass is 19.4. The molecule has 0 unspecified atom stereocenters.